The second-order valence-corrected chi connectivity index (χ2v) is 6.82. The van der Waals surface area contributed by atoms with Crippen molar-refractivity contribution in [2.75, 3.05) is 5.32 Å². The maximum atomic E-state index is 12.7. The number of benzene rings is 2. The summed E-state index contributed by atoms with van der Waals surface area (Å²) >= 11 is 0. The maximum Gasteiger partial charge on any atom is 0.256 e. The van der Waals surface area contributed by atoms with Crippen LogP contribution < -0.4 is 5.32 Å². The number of hydrogen-bond donors (Lipinski definition) is 1. The van der Waals surface area contributed by atoms with Gasteiger partial charge in [-0.3, -0.25) is 4.79 Å². The Kier molecular flexibility index (Phi) is 4.78. The van der Waals surface area contributed by atoms with Crippen LogP contribution in [0.25, 0.3) is 0 Å². The van der Waals surface area contributed by atoms with Crippen LogP contribution in [0.3, 0.4) is 0 Å². The second-order valence-electron chi connectivity index (χ2n) is 6.82. The minimum absolute atomic E-state index is 0.102. The number of anilines is 1. The number of hydrogen-bond acceptors (Lipinski definition) is 3. The van der Waals surface area contributed by atoms with E-state index in [2.05, 4.69) is 27.8 Å². The molecule has 0 atom stereocenters. The van der Waals surface area contributed by atoms with E-state index in [-0.39, 0.29) is 5.91 Å². The number of aromatic nitrogens is 3. The van der Waals surface area contributed by atoms with Crippen molar-refractivity contribution in [2.24, 2.45) is 0 Å². The minimum Gasteiger partial charge on any atom is -0.322 e. The van der Waals surface area contributed by atoms with Gasteiger partial charge in [-0.1, -0.05) is 48.4 Å². The van der Waals surface area contributed by atoms with Gasteiger partial charge in [0.25, 0.3) is 5.91 Å². The number of rotatable bonds is 5. The van der Waals surface area contributed by atoms with Gasteiger partial charge in [0.15, 0.2) is 0 Å². The normalized spacial score (nSPS) is 14.5. The van der Waals surface area contributed by atoms with Crippen molar-refractivity contribution in [3.8, 4) is 0 Å². The lowest BCUT2D eigenvalue weighted by Gasteiger charge is -2.12. The molecule has 5 heteroatoms. The van der Waals surface area contributed by atoms with E-state index in [1.165, 1.54) is 31.2 Å². The largest absolute Gasteiger partial charge is 0.322 e. The molecule has 3 aromatic rings. The van der Waals surface area contributed by atoms with E-state index in [4.69, 9.17) is 0 Å². The smallest absolute Gasteiger partial charge is 0.256 e. The first-order valence-electron chi connectivity index (χ1n) is 9.13. The van der Waals surface area contributed by atoms with Crippen LogP contribution in [0.15, 0.2) is 60.9 Å². The molecule has 5 nitrogen and oxygen atoms in total. The Morgan fingerprint density at radius 1 is 1.08 bits per heavy atom. The summed E-state index contributed by atoms with van der Waals surface area (Å²) in [6, 6.07) is 15.9. The Morgan fingerprint density at radius 2 is 1.85 bits per heavy atom. The van der Waals surface area contributed by atoms with Gasteiger partial charge < -0.3 is 5.32 Å². The fourth-order valence-corrected chi connectivity index (χ4v) is 3.67. The zero-order valence-corrected chi connectivity index (χ0v) is 14.6. The first kappa shape index (κ1) is 16.5. The Bertz CT molecular complexity index is 865. The summed E-state index contributed by atoms with van der Waals surface area (Å²) in [5.41, 5.74) is 3.78. The summed E-state index contributed by atoms with van der Waals surface area (Å²) in [4.78, 5) is 12.7. The van der Waals surface area contributed by atoms with E-state index < -0.39 is 0 Å². The Morgan fingerprint density at radius 3 is 2.58 bits per heavy atom. The Balaban J connectivity index is 1.48. The van der Waals surface area contributed by atoms with Gasteiger partial charge in [0, 0.05) is 17.4 Å². The molecule has 1 amide bonds. The van der Waals surface area contributed by atoms with E-state index in [9.17, 15) is 4.79 Å². The highest BCUT2D eigenvalue weighted by Crippen LogP contribution is 2.34. The Hall–Kier alpha value is -2.95. The molecule has 1 aliphatic rings. The van der Waals surface area contributed by atoms with Crippen LogP contribution in [0.5, 0.6) is 0 Å². The van der Waals surface area contributed by atoms with Crippen molar-refractivity contribution in [1.29, 1.82) is 0 Å². The van der Waals surface area contributed by atoms with Crippen molar-refractivity contribution < 1.29 is 4.79 Å². The first-order chi connectivity index (χ1) is 12.8. The van der Waals surface area contributed by atoms with Crippen molar-refractivity contribution >= 4 is 11.6 Å². The topological polar surface area (TPSA) is 59.8 Å². The molecule has 1 aromatic heterocycles. The van der Waals surface area contributed by atoms with E-state index in [0.717, 1.165) is 11.3 Å². The molecule has 0 bridgehead atoms. The maximum absolute atomic E-state index is 12.7. The summed E-state index contributed by atoms with van der Waals surface area (Å²) in [5.74, 6) is 0.581. The van der Waals surface area contributed by atoms with Crippen molar-refractivity contribution in [3.63, 3.8) is 0 Å². The first-order valence-corrected chi connectivity index (χ1v) is 9.13. The molecule has 132 valence electrons. The van der Waals surface area contributed by atoms with Gasteiger partial charge >= 0.3 is 0 Å². The molecule has 1 fully saturated rings. The van der Waals surface area contributed by atoms with E-state index in [1.807, 2.05) is 36.4 Å². The monoisotopic (exact) mass is 346 g/mol. The molecule has 1 N–H and O–H groups in total. The molecular formula is C21H22N4O. The molecule has 0 spiro atoms. The molecule has 1 saturated carbocycles. The fraction of sp³-hybridized carbons (Fsp3) is 0.286. The lowest BCUT2D eigenvalue weighted by atomic mass is 9.97. The molecule has 0 aliphatic heterocycles. The van der Waals surface area contributed by atoms with Crippen LogP contribution >= 0.6 is 0 Å². The summed E-state index contributed by atoms with van der Waals surface area (Å²) < 4.78 is 1.71. The van der Waals surface area contributed by atoms with Crippen LogP contribution in [0.4, 0.5) is 5.69 Å². The van der Waals surface area contributed by atoms with Crippen molar-refractivity contribution in [2.45, 2.75) is 38.1 Å². The quantitative estimate of drug-likeness (QED) is 0.752. The van der Waals surface area contributed by atoms with Crippen LogP contribution in [-0.2, 0) is 6.54 Å². The average molecular weight is 346 g/mol. The van der Waals surface area contributed by atoms with Gasteiger partial charge in [-0.15, -0.1) is 5.10 Å². The SMILES string of the molecule is O=C(Nc1ccc(C2CCCC2)cc1)c1ccccc1Cn1ccnn1. The number of nitrogens with one attached hydrogen (secondary N) is 1. The van der Waals surface area contributed by atoms with Gasteiger partial charge in [-0.05, 0) is 48.1 Å². The summed E-state index contributed by atoms with van der Waals surface area (Å²) in [6.45, 7) is 0.518. The summed E-state index contributed by atoms with van der Waals surface area (Å²) in [6.07, 6.45) is 8.63. The molecule has 1 heterocycles. The molecule has 0 unspecified atom stereocenters. The lowest BCUT2D eigenvalue weighted by molar-refractivity contribution is 0.102. The van der Waals surface area contributed by atoms with Crippen LogP contribution in [0.1, 0.15) is 53.1 Å². The molecule has 0 saturated heterocycles. The van der Waals surface area contributed by atoms with Crippen LogP contribution in [-0.4, -0.2) is 20.9 Å². The predicted octanol–water partition coefficient (Wildman–Crippen LogP) is 4.24. The zero-order chi connectivity index (χ0) is 17.8. The van der Waals surface area contributed by atoms with Gasteiger partial charge in [0.2, 0.25) is 0 Å². The van der Waals surface area contributed by atoms with Crippen molar-refractivity contribution in [3.05, 3.63) is 77.6 Å². The molecule has 0 radical (unpaired) electrons. The van der Waals surface area contributed by atoms with Gasteiger partial charge in [0.1, 0.15) is 0 Å². The molecule has 2 aromatic carbocycles. The van der Waals surface area contributed by atoms with Gasteiger partial charge in [0.05, 0.1) is 12.7 Å². The predicted molar refractivity (Wildman–Crippen MR) is 101 cm³/mol. The van der Waals surface area contributed by atoms with Crippen LogP contribution in [0.2, 0.25) is 0 Å². The highest BCUT2D eigenvalue weighted by molar-refractivity contribution is 6.05. The highest BCUT2D eigenvalue weighted by Gasteiger charge is 2.17. The summed E-state index contributed by atoms with van der Waals surface area (Å²) in [7, 11) is 0. The molecule has 1 aliphatic carbocycles. The van der Waals surface area contributed by atoms with Crippen molar-refractivity contribution in [1.82, 2.24) is 15.0 Å². The third kappa shape index (κ3) is 3.67. The average Bonchev–Trinajstić information content (AvgIpc) is 3.37. The van der Waals surface area contributed by atoms with Gasteiger partial charge in [-0.2, -0.15) is 0 Å². The standard InChI is InChI=1S/C21H22N4O/c26-21(20-8-4-3-7-18(20)15-25-14-13-22-24-25)23-19-11-9-17(10-12-19)16-5-1-2-6-16/h3-4,7-14,16H,1-2,5-6,15H2,(H,23,26). The molecule has 26 heavy (non-hydrogen) atoms. The number of amides is 1. The van der Waals surface area contributed by atoms with E-state index >= 15 is 0 Å². The zero-order valence-electron chi connectivity index (χ0n) is 14.6. The number of nitrogens with zero attached hydrogens (tertiary/aromatic N) is 3. The third-order valence-corrected chi connectivity index (χ3v) is 5.06. The Labute approximate surface area is 153 Å². The van der Waals surface area contributed by atoms with Gasteiger partial charge in [-0.25, -0.2) is 4.68 Å². The van der Waals surface area contributed by atoms with Crippen LogP contribution in [0, 0.1) is 0 Å². The second kappa shape index (κ2) is 7.52. The fourth-order valence-electron chi connectivity index (χ4n) is 3.67. The molecular weight excluding hydrogens is 324 g/mol. The third-order valence-electron chi connectivity index (χ3n) is 5.06. The van der Waals surface area contributed by atoms with E-state index in [1.54, 1.807) is 17.1 Å². The lowest BCUT2D eigenvalue weighted by Crippen LogP contribution is -2.15. The summed E-state index contributed by atoms with van der Waals surface area (Å²) in [5, 5.41) is 10.8. The molecule has 4 rings (SSSR count). The number of carbonyl (C=O) groups excluding carboxylic acids is 1. The number of carbonyl (C=O) groups is 1. The van der Waals surface area contributed by atoms with E-state index in [0.29, 0.717) is 18.0 Å². The minimum atomic E-state index is -0.102. The highest BCUT2D eigenvalue weighted by atomic mass is 16.1.